The zero-order valence-corrected chi connectivity index (χ0v) is 15.4. The van der Waals surface area contributed by atoms with Gasteiger partial charge in [0.05, 0.1) is 15.7 Å². The minimum absolute atomic E-state index is 0.243. The van der Waals surface area contributed by atoms with E-state index < -0.39 is 11.9 Å². The van der Waals surface area contributed by atoms with Crippen molar-refractivity contribution in [3.05, 3.63) is 64.3 Å². The maximum absolute atomic E-state index is 12.3. The first-order chi connectivity index (χ1) is 12.5. The zero-order chi connectivity index (χ0) is 18.7. The van der Waals surface area contributed by atoms with Gasteiger partial charge in [-0.15, -0.1) is 0 Å². The third-order valence-electron chi connectivity index (χ3n) is 3.71. The molecule has 2 aromatic carbocycles. The molecular weight excluding hydrogens is 398 g/mol. The predicted molar refractivity (Wildman–Crippen MR) is 104 cm³/mol. The Balaban J connectivity index is 1.78. The summed E-state index contributed by atoms with van der Waals surface area (Å²) in [4.78, 5) is 23.7. The summed E-state index contributed by atoms with van der Waals surface area (Å²) in [5.74, 6) is -0.610. The molecule has 0 atom stereocenters. The maximum atomic E-state index is 12.3. The molecule has 0 radical (unpaired) electrons. The number of anilines is 2. The number of H-pyrrole nitrogens is 1. The van der Waals surface area contributed by atoms with Crippen LogP contribution in [-0.2, 0) is 0 Å². The normalized spacial score (nSPS) is 10.4. The number of aromatic nitrogens is 2. The van der Waals surface area contributed by atoms with E-state index in [2.05, 4.69) is 36.8 Å². The number of amides is 3. The Morgan fingerprint density at radius 1 is 1.12 bits per heavy atom. The van der Waals surface area contributed by atoms with Crippen molar-refractivity contribution in [1.29, 1.82) is 0 Å². The van der Waals surface area contributed by atoms with Crippen LogP contribution in [0.3, 0.4) is 0 Å². The fraction of sp³-hybridized carbons (Fsp3) is 0.0556. The number of carbonyl (C=O) groups excluding carboxylic acids is 2. The van der Waals surface area contributed by atoms with Gasteiger partial charge in [-0.1, -0.05) is 24.3 Å². The number of nitrogens with zero attached hydrogens (tertiary/aromatic N) is 1. The Morgan fingerprint density at radius 2 is 1.88 bits per heavy atom. The van der Waals surface area contributed by atoms with E-state index in [0.29, 0.717) is 11.4 Å². The molecule has 132 valence electrons. The monoisotopic (exact) mass is 413 g/mol. The van der Waals surface area contributed by atoms with Crippen molar-refractivity contribution >= 4 is 39.2 Å². The summed E-state index contributed by atoms with van der Waals surface area (Å²) in [6.45, 7) is 1.91. The number of carbonyl (C=O) groups is 2. The van der Waals surface area contributed by atoms with E-state index in [1.807, 2.05) is 19.1 Å². The van der Waals surface area contributed by atoms with Crippen molar-refractivity contribution in [3.8, 4) is 11.3 Å². The maximum Gasteiger partial charge on any atom is 0.323 e. The van der Waals surface area contributed by atoms with Crippen LogP contribution in [0.5, 0.6) is 0 Å². The highest BCUT2D eigenvalue weighted by molar-refractivity contribution is 9.10. The van der Waals surface area contributed by atoms with Crippen LogP contribution in [0.2, 0.25) is 0 Å². The van der Waals surface area contributed by atoms with Gasteiger partial charge in [-0.25, -0.2) is 4.79 Å². The number of rotatable bonds is 4. The second-order valence-electron chi connectivity index (χ2n) is 5.58. The molecular formula is C18H16BrN5O2. The first kappa shape index (κ1) is 17.7. The van der Waals surface area contributed by atoms with Gasteiger partial charge >= 0.3 is 6.03 Å². The number of halogens is 1. The summed E-state index contributed by atoms with van der Waals surface area (Å²) in [7, 11) is 0. The summed E-state index contributed by atoms with van der Waals surface area (Å²) in [5, 5.41) is 12.5. The van der Waals surface area contributed by atoms with E-state index in [-0.39, 0.29) is 5.56 Å². The average Bonchev–Trinajstić information content (AvgIpc) is 2.94. The van der Waals surface area contributed by atoms with Gasteiger partial charge in [0, 0.05) is 16.9 Å². The lowest BCUT2D eigenvalue weighted by Gasteiger charge is -2.11. The summed E-state index contributed by atoms with van der Waals surface area (Å²) in [5.41, 5.74) is 9.01. The molecule has 0 aliphatic rings. The Hall–Kier alpha value is -3.13. The van der Waals surface area contributed by atoms with Gasteiger partial charge in [0.15, 0.2) is 0 Å². The van der Waals surface area contributed by atoms with Crippen molar-refractivity contribution in [2.45, 2.75) is 6.92 Å². The Labute approximate surface area is 158 Å². The molecule has 0 bridgehead atoms. The molecule has 8 heteroatoms. The average molecular weight is 414 g/mol. The highest BCUT2D eigenvalue weighted by Gasteiger charge is 2.12. The van der Waals surface area contributed by atoms with Crippen LogP contribution in [0.15, 0.2) is 53.0 Å². The number of benzene rings is 2. The molecule has 26 heavy (non-hydrogen) atoms. The van der Waals surface area contributed by atoms with Gasteiger partial charge in [0.2, 0.25) is 0 Å². The Bertz CT molecular complexity index is 983. The summed E-state index contributed by atoms with van der Waals surface area (Å²) < 4.78 is 0.870. The largest absolute Gasteiger partial charge is 0.366 e. The Kier molecular flexibility index (Phi) is 5.04. The lowest BCUT2D eigenvalue weighted by Crippen LogP contribution is -2.22. The van der Waals surface area contributed by atoms with Gasteiger partial charge < -0.3 is 16.4 Å². The number of aryl methyl sites for hydroxylation is 1. The van der Waals surface area contributed by atoms with E-state index in [9.17, 15) is 9.59 Å². The molecule has 7 nitrogen and oxygen atoms in total. The Morgan fingerprint density at radius 3 is 2.58 bits per heavy atom. The number of hydrogen-bond donors (Lipinski definition) is 4. The molecule has 0 aliphatic carbocycles. The predicted octanol–water partition coefficient (Wildman–Crippen LogP) is 3.89. The quantitative estimate of drug-likeness (QED) is 0.520. The SMILES string of the molecule is Cc1[nH]nc(-c2cccc(NC(=O)Nc3ccccc3C(N)=O)c2)c1Br. The van der Waals surface area contributed by atoms with E-state index in [1.54, 1.807) is 36.4 Å². The number of nitrogens with two attached hydrogens (primary N) is 1. The van der Waals surface area contributed by atoms with Crippen molar-refractivity contribution < 1.29 is 9.59 Å². The van der Waals surface area contributed by atoms with Gasteiger partial charge in [0.25, 0.3) is 5.91 Å². The minimum Gasteiger partial charge on any atom is -0.366 e. The standard InChI is InChI=1S/C18H16BrN5O2/c1-10-15(19)16(24-23-10)11-5-4-6-12(9-11)21-18(26)22-14-8-3-2-7-13(14)17(20)25/h2-9H,1H3,(H2,20,25)(H,23,24)(H2,21,22,26). The third-order valence-corrected chi connectivity index (χ3v) is 4.68. The van der Waals surface area contributed by atoms with Crippen LogP contribution in [0.1, 0.15) is 16.1 Å². The number of primary amides is 1. The van der Waals surface area contributed by atoms with E-state index in [1.165, 1.54) is 0 Å². The molecule has 5 N–H and O–H groups in total. The topological polar surface area (TPSA) is 113 Å². The number of aromatic amines is 1. The number of para-hydroxylation sites is 1. The number of urea groups is 1. The van der Waals surface area contributed by atoms with Crippen LogP contribution in [-0.4, -0.2) is 22.1 Å². The smallest absolute Gasteiger partial charge is 0.323 e. The number of nitrogens with one attached hydrogen (secondary N) is 3. The van der Waals surface area contributed by atoms with Gasteiger partial charge in [0.1, 0.15) is 5.69 Å². The van der Waals surface area contributed by atoms with Crippen molar-refractivity contribution in [1.82, 2.24) is 10.2 Å². The summed E-state index contributed by atoms with van der Waals surface area (Å²) in [6, 6.07) is 13.3. The van der Waals surface area contributed by atoms with E-state index in [0.717, 1.165) is 21.4 Å². The molecule has 0 saturated heterocycles. The highest BCUT2D eigenvalue weighted by Crippen LogP contribution is 2.29. The fourth-order valence-electron chi connectivity index (χ4n) is 2.44. The first-order valence-electron chi connectivity index (χ1n) is 7.73. The molecule has 0 unspecified atom stereocenters. The molecule has 0 saturated carbocycles. The second kappa shape index (κ2) is 7.40. The fourth-order valence-corrected chi connectivity index (χ4v) is 2.85. The van der Waals surface area contributed by atoms with Crippen LogP contribution < -0.4 is 16.4 Å². The van der Waals surface area contributed by atoms with Gasteiger partial charge in [-0.2, -0.15) is 5.10 Å². The van der Waals surface area contributed by atoms with Crippen LogP contribution >= 0.6 is 15.9 Å². The minimum atomic E-state index is -0.610. The lowest BCUT2D eigenvalue weighted by molar-refractivity contribution is 0.100. The van der Waals surface area contributed by atoms with Crippen molar-refractivity contribution in [3.63, 3.8) is 0 Å². The second-order valence-corrected chi connectivity index (χ2v) is 6.37. The van der Waals surface area contributed by atoms with Crippen molar-refractivity contribution in [2.24, 2.45) is 5.73 Å². The number of hydrogen-bond acceptors (Lipinski definition) is 3. The lowest BCUT2D eigenvalue weighted by atomic mass is 10.1. The summed E-state index contributed by atoms with van der Waals surface area (Å²) >= 11 is 3.49. The van der Waals surface area contributed by atoms with Crippen molar-refractivity contribution in [2.75, 3.05) is 10.6 Å². The summed E-state index contributed by atoms with van der Waals surface area (Å²) in [6.07, 6.45) is 0. The third kappa shape index (κ3) is 3.75. The molecule has 3 aromatic rings. The highest BCUT2D eigenvalue weighted by atomic mass is 79.9. The van der Waals surface area contributed by atoms with Crippen LogP contribution in [0.25, 0.3) is 11.3 Å². The molecule has 0 fully saturated rings. The van der Waals surface area contributed by atoms with Gasteiger partial charge in [-0.3, -0.25) is 9.89 Å². The molecule has 3 rings (SSSR count). The molecule has 3 amide bonds. The van der Waals surface area contributed by atoms with Crippen LogP contribution in [0, 0.1) is 6.92 Å². The van der Waals surface area contributed by atoms with E-state index >= 15 is 0 Å². The molecule has 0 aliphatic heterocycles. The van der Waals surface area contributed by atoms with Crippen LogP contribution in [0.4, 0.5) is 16.2 Å². The zero-order valence-electron chi connectivity index (χ0n) is 13.8. The van der Waals surface area contributed by atoms with E-state index in [4.69, 9.17) is 5.73 Å². The first-order valence-corrected chi connectivity index (χ1v) is 8.52. The molecule has 1 heterocycles. The molecule has 0 spiro atoms. The van der Waals surface area contributed by atoms with Gasteiger partial charge in [-0.05, 0) is 47.1 Å². The molecule has 1 aromatic heterocycles.